The summed E-state index contributed by atoms with van der Waals surface area (Å²) in [7, 11) is -3.67. The van der Waals surface area contributed by atoms with Crippen molar-refractivity contribution in [2.75, 3.05) is 19.0 Å². The minimum Gasteiger partial charge on any atom is -0.380 e. The van der Waals surface area contributed by atoms with Crippen molar-refractivity contribution in [3.63, 3.8) is 0 Å². The van der Waals surface area contributed by atoms with Crippen LogP contribution in [0.25, 0.3) is 0 Å². The lowest BCUT2D eigenvalue weighted by Crippen LogP contribution is -2.37. The highest BCUT2D eigenvalue weighted by atomic mass is 32.2. The highest BCUT2D eigenvalue weighted by Crippen LogP contribution is 2.36. The van der Waals surface area contributed by atoms with Crippen LogP contribution in [0.4, 0.5) is 13.2 Å². The van der Waals surface area contributed by atoms with E-state index in [0.717, 1.165) is 25.7 Å². The zero-order valence-corrected chi connectivity index (χ0v) is 12.2. The molecule has 0 aliphatic heterocycles. The smallest absolute Gasteiger partial charge is 0.380 e. The number of alkyl halides is 3. The first kappa shape index (κ1) is 17.7. The number of rotatable bonds is 6. The summed E-state index contributed by atoms with van der Waals surface area (Å²) in [6, 6.07) is 0. The van der Waals surface area contributed by atoms with E-state index in [1.165, 1.54) is 0 Å². The number of hydrogen-bond acceptors (Lipinski definition) is 3. The van der Waals surface area contributed by atoms with Crippen molar-refractivity contribution in [3.8, 4) is 0 Å². The van der Waals surface area contributed by atoms with E-state index in [4.69, 9.17) is 9.88 Å². The Bertz CT molecular complexity index is 387. The van der Waals surface area contributed by atoms with Crippen LogP contribution in [-0.4, -0.2) is 33.6 Å². The number of nitrogens with two attached hydrogens (primary N) is 1. The van der Waals surface area contributed by atoms with Gasteiger partial charge in [0.05, 0.1) is 25.4 Å². The molecule has 1 fully saturated rings. The number of ether oxygens (including phenoxy) is 1. The fraction of sp³-hybridized carbons (Fsp3) is 1.00. The van der Waals surface area contributed by atoms with Crippen LogP contribution in [-0.2, 0) is 14.8 Å². The second kappa shape index (κ2) is 7.09. The number of sulfonamides is 1. The maximum absolute atomic E-state index is 12.1. The molecule has 4 nitrogen and oxygen atoms in total. The lowest BCUT2D eigenvalue weighted by Gasteiger charge is -2.31. The monoisotopic (exact) mass is 317 g/mol. The maximum atomic E-state index is 12.1. The molecule has 0 aromatic carbocycles. The van der Waals surface area contributed by atoms with Gasteiger partial charge in [0.15, 0.2) is 0 Å². The molecule has 120 valence electrons. The van der Waals surface area contributed by atoms with Crippen LogP contribution in [0, 0.1) is 5.41 Å². The fourth-order valence-electron chi connectivity index (χ4n) is 2.71. The third kappa shape index (κ3) is 7.44. The summed E-state index contributed by atoms with van der Waals surface area (Å²) in [5.74, 6) is -0.216. The van der Waals surface area contributed by atoms with E-state index in [-0.39, 0.29) is 12.4 Å². The molecule has 0 bridgehead atoms. The van der Waals surface area contributed by atoms with Gasteiger partial charge < -0.3 is 4.74 Å². The molecular formula is C12H22F3NO3S. The molecule has 0 atom stereocenters. The van der Waals surface area contributed by atoms with Gasteiger partial charge in [0.2, 0.25) is 10.0 Å². The van der Waals surface area contributed by atoms with Gasteiger partial charge in [-0.3, -0.25) is 0 Å². The number of hydrogen-bond donors (Lipinski definition) is 1. The average molecular weight is 317 g/mol. The molecule has 0 aromatic rings. The first-order valence-electron chi connectivity index (χ1n) is 6.77. The van der Waals surface area contributed by atoms with E-state index in [1.54, 1.807) is 0 Å². The molecule has 0 radical (unpaired) electrons. The Morgan fingerprint density at radius 1 is 1.10 bits per heavy atom. The maximum Gasteiger partial charge on any atom is 0.391 e. The van der Waals surface area contributed by atoms with E-state index in [0.29, 0.717) is 12.8 Å². The second-order valence-electron chi connectivity index (χ2n) is 5.64. The minimum absolute atomic E-state index is 0.0273. The molecule has 20 heavy (non-hydrogen) atoms. The lowest BCUT2D eigenvalue weighted by molar-refractivity contribution is -0.147. The number of halogens is 3. The zero-order valence-electron chi connectivity index (χ0n) is 11.4. The Labute approximate surface area is 117 Å². The molecule has 0 saturated heterocycles. The van der Waals surface area contributed by atoms with E-state index in [2.05, 4.69) is 0 Å². The molecule has 2 N–H and O–H groups in total. The van der Waals surface area contributed by atoms with E-state index < -0.39 is 34.6 Å². The largest absolute Gasteiger partial charge is 0.391 e. The topological polar surface area (TPSA) is 69.4 Å². The molecule has 0 heterocycles. The van der Waals surface area contributed by atoms with Gasteiger partial charge in [-0.05, 0) is 12.8 Å². The Hall–Kier alpha value is -0.340. The first-order chi connectivity index (χ1) is 9.12. The second-order valence-corrected chi connectivity index (χ2v) is 7.25. The fourth-order valence-corrected chi connectivity index (χ4v) is 3.94. The van der Waals surface area contributed by atoms with E-state index in [1.807, 2.05) is 0 Å². The van der Waals surface area contributed by atoms with Crippen molar-refractivity contribution in [2.45, 2.75) is 51.1 Å². The van der Waals surface area contributed by atoms with Crippen LogP contribution >= 0.6 is 0 Å². The number of primary sulfonamides is 1. The summed E-state index contributed by atoms with van der Waals surface area (Å²) in [6.07, 6.45) is -0.264. The Balaban J connectivity index is 2.58. The van der Waals surface area contributed by atoms with Crippen molar-refractivity contribution < 1.29 is 26.3 Å². The van der Waals surface area contributed by atoms with Gasteiger partial charge in [0, 0.05) is 5.41 Å². The Kier molecular flexibility index (Phi) is 6.27. The minimum atomic E-state index is -4.25. The van der Waals surface area contributed by atoms with E-state index in [9.17, 15) is 21.6 Å². The molecular weight excluding hydrogens is 295 g/mol. The Morgan fingerprint density at radius 3 is 2.10 bits per heavy atom. The predicted octanol–water partition coefficient (Wildman–Crippen LogP) is 2.58. The van der Waals surface area contributed by atoms with Crippen LogP contribution in [0.15, 0.2) is 0 Å². The highest BCUT2D eigenvalue weighted by molar-refractivity contribution is 7.89. The molecule has 0 amide bonds. The summed E-state index contributed by atoms with van der Waals surface area (Å²) < 4.78 is 64.0. The van der Waals surface area contributed by atoms with Crippen molar-refractivity contribution in [3.05, 3.63) is 0 Å². The summed E-state index contributed by atoms with van der Waals surface area (Å²) in [5, 5.41) is 5.11. The van der Waals surface area contributed by atoms with Crippen LogP contribution in [0.5, 0.6) is 0 Å². The van der Waals surface area contributed by atoms with Crippen LogP contribution in [0.1, 0.15) is 44.9 Å². The van der Waals surface area contributed by atoms with E-state index >= 15 is 0 Å². The molecule has 0 aromatic heterocycles. The van der Waals surface area contributed by atoms with Crippen LogP contribution in [0.2, 0.25) is 0 Å². The van der Waals surface area contributed by atoms with Crippen molar-refractivity contribution in [1.29, 1.82) is 0 Å². The summed E-state index contributed by atoms with van der Waals surface area (Å²) >= 11 is 0. The van der Waals surface area contributed by atoms with Gasteiger partial charge in [-0.25, -0.2) is 13.6 Å². The summed E-state index contributed by atoms with van der Waals surface area (Å²) in [4.78, 5) is 0. The predicted molar refractivity (Wildman–Crippen MR) is 69.6 cm³/mol. The van der Waals surface area contributed by atoms with Gasteiger partial charge in [-0.15, -0.1) is 0 Å². The standard InChI is InChI=1S/C12H22F3NO3S/c13-12(14,15)7-8-19-9-11(10-20(16,17)18)5-3-1-2-4-6-11/h1-10H2,(H2,16,17,18). The van der Waals surface area contributed by atoms with Crippen molar-refractivity contribution in [1.82, 2.24) is 0 Å². The third-order valence-electron chi connectivity index (χ3n) is 3.61. The van der Waals surface area contributed by atoms with Crippen LogP contribution in [0.3, 0.4) is 0 Å². The van der Waals surface area contributed by atoms with Gasteiger partial charge in [-0.1, -0.05) is 25.7 Å². The molecule has 1 aliphatic rings. The molecule has 0 spiro atoms. The summed E-state index contributed by atoms with van der Waals surface area (Å²) in [5.41, 5.74) is -0.629. The quantitative estimate of drug-likeness (QED) is 0.605. The van der Waals surface area contributed by atoms with Crippen LogP contribution < -0.4 is 5.14 Å². The molecule has 0 unspecified atom stereocenters. The Morgan fingerprint density at radius 2 is 1.65 bits per heavy atom. The molecule has 1 aliphatic carbocycles. The lowest BCUT2D eigenvalue weighted by atomic mass is 9.83. The average Bonchev–Trinajstić information content (AvgIpc) is 2.47. The van der Waals surface area contributed by atoms with Gasteiger partial charge in [0.25, 0.3) is 0 Å². The van der Waals surface area contributed by atoms with Crippen molar-refractivity contribution >= 4 is 10.0 Å². The van der Waals surface area contributed by atoms with Crippen molar-refractivity contribution in [2.24, 2.45) is 10.6 Å². The zero-order chi connectivity index (χ0) is 15.3. The summed E-state index contributed by atoms with van der Waals surface area (Å²) in [6.45, 7) is -0.407. The normalized spacial score (nSPS) is 20.6. The molecule has 8 heteroatoms. The molecule has 1 rings (SSSR count). The SMILES string of the molecule is NS(=O)(=O)CC1(COCCC(F)(F)F)CCCCCC1. The van der Waals surface area contributed by atoms with Gasteiger partial charge >= 0.3 is 6.18 Å². The van der Waals surface area contributed by atoms with Gasteiger partial charge in [0.1, 0.15) is 0 Å². The highest BCUT2D eigenvalue weighted by Gasteiger charge is 2.35. The molecule has 1 saturated carbocycles. The first-order valence-corrected chi connectivity index (χ1v) is 8.49. The third-order valence-corrected chi connectivity index (χ3v) is 4.62. The van der Waals surface area contributed by atoms with Gasteiger partial charge in [-0.2, -0.15) is 13.2 Å².